The molecule has 4 rings (SSSR count). The highest BCUT2D eigenvalue weighted by Crippen LogP contribution is 2.38. The summed E-state index contributed by atoms with van der Waals surface area (Å²) in [5.74, 6) is 0.480. The molecule has 9 heteroatoms. The van der Waals surface area contributed by atoms with E-state index < -0.39 is 10.0 Å². The van der Waals surface area contributed by atoms with Crippen LogP contribution in [0.15, 0.2) is 33.8 Å². The minimum atomic E-state index is -3.80. The highest BCUT2D eigenvalue weighted by Gasteiger charge is 2.31. The molecule has 0 aromatic carbocycles. The molecule has 0 bridgehead atoms. The fourth-order valence-corrected chi connectivity index (χ4v) is 5.75. The summed E-state index contributed by atoms with van der Waals surface area (Å²) in [6.45, 7) is 7.45. The van der Waals surface area contributed by atoms with Crippen LogP contribution in [0.5, 0.6) is 0 Å². The van der Waals surface area contributed by atoms with Crippen LogP contribution in [-0.2, 0) is 23.1 Å². The van der Waals surface area contributed by atoms with Gasteiger partial charge in [-0.2, -0.15) is 9.40 Å². The lowest BCUT2D eigenvalue weighted by atomic mass is 10.1. The maximum absolute atomic E-state index is 13.2. The Morgan fingerprint density at radius 1 is 1.23 bits per heavy atom. The van der Waals surface area contributed by atoms with Gasteiger partial charge in [0.1, 0.15) is 17.2 Å². The van der Waals surface area contributed by atoms with Gasteiger partial charge in [-0.15, -0.1) is 0 Å². The second-order valence-corrected chi connectivity index (χ2v) is 10.3. The fraction of sp³-hybridized carbons (Fsp3) is 0.455. The Kier molecular flexibility index (Phi) is 5.43. The molecule has 0 radical (unpaired) electrons. The van der Waals surface area contributed by atoms with Crippen LogP contribution in [0.3, 0.4) is 0 Å². The number of nitrogens with zero attached hydrogens (tertiary/aromatic N) is 4. The van der Waals surface area contributed by atoms with Crippen LogP contribution in [0.25, 0.3) is 0 Å². The van der Waals surface area contributed by atoms with Gasteiger partial charge in [-0.05, 0) is 58.7 Å². The van der Waals surface area contributed by atoms with Crippen molar-refractivity contribution in [2.75, 3.05) is 7.05 Å². The van der Waals surface area contributed by atoms with E-state index in [0.29, 0.717) is 28.8 Å². The third kappa shape index (κ3) is 3.87. The van der Waals surface area contributed by atoms with E-state index in [9.17, 15) is 13.2 Å². The van der Waals surface area contributed by atoms with Crippen molar-refractivity contribution in [1.29, 1.82) is 0 Å². The van der Waals surface area contributed by atoms with Gasteiger partial charge in [-0.1, -0.05) is 0 Å². The van der Waals surface area contributed by atoms with Crippen LogP contribution >= 0.6 is 0 Å². The topological polar surface area (TPSA) is 90.3 Å². The number of rotatable bonds is 8. The van der Waals surface area contributed by atoms with Crippen LogP contribution < -0.4 is 0 Å². The zero-order valence-electron chi connectivity index (χ0n) is 18.5. The quantitative estimate of drug-likeness (QED) is 0.496. The number of carbonyl (C=O) groups excluding carboxylic acids is 1. The molecule has 3 aromatic rings. The van der Waals surface area contributed by atoms with Gasteiger partial charge in [-0.3, -0.25) is 9.48 Å². The van der Waals surface area contributed by atoms with Gasteiger partial charge in [0, 0.05) is 30.0 Å². The molecule has 31 heavy (non-hydrogen) atoms. The summed E-state index contributed by atoms with van der Waals surface area (Å²) in [5.41, 5.74) is 3.56. The van der Waals surface area contributed by atoms with Gasteiger partial charge in [0.2, 0.25) is 10.0 Å². The van der Waals surface area contributed by atoms with Gasteiger partial charge in [-0.25, -0.2) is 8.42 Å². The van der Waals surface area contributed by atoms with E-state index in [1.165, 1.54) is 22.3 Å². The van der Waals surface area contributed by atoms with Crippen LogP contribution in [0, 0.1) is 27.7 Å². The Morgan fingerprint density at radius 3 is 2.55 bits per heavy atom. The molecule has 3 heterocycles. The van der Waals surface area contributed by atoms with E-state index >= 15 is 0 Å². The highest BCUT2D eigenvalue weighted by atomic mass is 32.2. The fourth-order valence-electron chi connectivity index (χ4n) is 4.25. The Bertz CT molecular complexity index is 1230. The molecule has 0 amide bonds. The van der Waals surface area contributed by atoms with Crippen LogP contribution in [0.2, 0.25) is 0 Å². The molecule has 0 spiro atoms. The lowest BCUT2D eigenvalue weighted by Gasteiger charge is -2.16. The SMILES string of the molecule is Cc1nn(CC(=O)c2cc(C)n(C3CC3)c2C)c(C)c1S(=O)(=O)N(C)Cc1ccco1. The highest BCUT2D eigenvalue weighted by molar-refractivity contribution is 7.89. The van der Waals surface area contributed by atoms with Gasteiger partial charge in [0.25, 0.3) is 0 Å². The maximum atomic E-state index is 13.2. The molecule has 1 fully saturated rings. The Labute approximate surface area is 182 Å². The third-order valence-electron chi connectivity index (χ3n) is 5.93. The van der Waals surface area contributed by atoms with Gasteiger partial charge in [0.05, 0.1) is 24.2 Å². The molecule has 1 saturated carbocycles. The van der Waals surface area contributed by atoms with Crippen LogP contribution in [0.1, 0.15) is 57.8 Å². The average molecular weight is 445 g/mol. The average Bonchev–Trinajstić information content (AvgIpc) is 3.18. The molecule has 1 aliphatic rings. The standard InChI is InChI=1S/C22H28N4O4S/c1-14-11-20(16(3)26(14)18-8-9-18)21(27)13-25-17(4)22(15(2)23-25)31(28,29)24(5)12-19-7-6-10-30-19/h6-7,10-11,18H,8-9,12-13H2,1-5H3. The number of sulfonamides is 1. The van der Waals surface area contributed by atoms with E-state index in [2.05, 4.69) is 9.67 Å². The summed E-state index contributed by atoms with van der Waals surface area (Å²) in [6, 6.07) is 5.87. The smallest absolute Gasteiger partial charge is 0.246 e. The van der Waals surface area contributed by atoms with E-state index in [-0.39, 0.29) is 23.8 Å². The lowest BCUT2D eigenvalue weighted by Crippen LogP contribution is -2.27. The minimum Gasteiger partial charge on any atom is -0.468 e. The summed E-state index contributed by atoms with van der Waals surface area (Å²) in [4.78, 5) is 13.2. The van der Waals surface area contributed by atoms with E-state index in [4.69, 9.17) is 4.42 Å². The summed E-state index contributed by atoms with van der Waals surface area (Å²) in [7, 11) is -2.29. The summed E-state index contributed by atoms with van der Waals surface area (Å²) in [5, 5.41) is 4.39. The lowest BCUT2D eigenvalue weighted by molar-refractivity contribution is 0.0966. The van der Waals surface area contributed by atoms with E-state index in [1.807, 2.05) is 19.9 Å². The van der Waals surface area contributed by atoms with E-state index in [0.717, 1.165) is 24.2 Å². The zero-order chi connectivity index (χ0) is 22.5. The van der Waals surface area contributed by atoms with E-state index in [1.54, 1.807) is 26.0 Å². The second-order valence-electron chi connectivity index (χ2n) is 8.31. The first-order valence-corrected chi connectivity index (χ1v) is 11.8. The van der Waals surface area contributed by atoms with Crippen LogP contribution in [-0.4, -0.2) is 39.9 Å². The first-order valence-electron chi connectivity index (χ1n) is 10.4. The molecule has 0 saturated heterocycles. The number of carbonyl (C=O) groups is 1. The molecule has 0 unspecified atom stereocenters. The molecular weight excluding hydrogens is 416 g/mol. The van der Waals surface area contributed by atoms with Crippen molar-refractivity contribution >= 4 is 15.8 Å². The summed E-state index contributed by atoms with van der Waals surface area (Å²) >= 11 is 0. The molecule has 3 aromatic heterocycles. The number of aromatic nitrogens is 3. The summed E-state index contributed by atoms with van der Waals surface area (Å²) < 4.78 is 36.6. The molecule has 0 aliphatic heterocycles. The van der Waals surface area contributed by atoms with Crippen molar-refractivity contribution in [2.45, 2.75) is 64.6 Å². The normalized spacial score (nSPS) is 14.5. The summed E-state index contributed by atoms with van der Waals surface area (Å²) in [6.07, 6.45) is 3.80. The number of hydrogen-bond donors (Lipinski definition) is 0. The Hall–Kier alpha value is -2.65. The molecular formula is C22H28N4O4S. The van der Waals surface area contributed by atoms with Crippen LogP contribution in [0.4, 0.5) is 0 Å². The third-order valence-corrected chi connectivity index (χ3v) is 7.99. The number of aryl methyl sites for hydroxylation is 2. The van der Waals surface area contributed by atoms with Crippen molar-refractivity contribution < 1.29 is 17.6 Å². The van der Waals surface area contributed by atoms with Crippen molar-refractivity contribution in [2.24, 2.45) is 0 Å². The molecule has 0 N–H and O–H groups in total. The Balaban J connectivity index is 1.59. The molecule has 0 atom stereocenters. The number of Topliss-reactive ketones (excluding diaryl/α,β-unsaturated/α-hetero) is 1. The van der Waals surface area contributed by atoms with Crippen molar-refractivity contribution in [3.63, 3.8) is 0 Å². The van der Waals surface area contributed by atoms with Crippen molar-refractivity contribution in [3.8, 4) is 0 Å². The van der Waals surface area contributed by atoms with Crippen molar-refractivity contribution in [1.82, 2.24) is 18.7 Å². The molecule has 166 valence electrons. The van der Waals surface area contributed by atoms with Crippen molar-refractivity contribution in [3.05, 3.63) is 58.6 Å². The minimum absolute atomic E-state index is 0.000941. The van der Waals surface area contributed by atoms with Gasteiger partial charge < -0.3 is 8.98 Å². The number of hydrogen-bond acceptors (Lipinski definition) is 5. The first-order chi connectivity index (χ1) is 14.6. The number of furan rings is 1. The second kappa shape index (κ2) is 7.80. The zero-order valence-corrected chi connectivity index (χ0v) is 19.4. The maximum Gasteiger partial charge on any atom is 0.246 e. The largest absolute Gasteiger partial charge is 0.468 e. The Morgan fingerprint density at radius 2 is 1.94 bits per heavy atom. The van der Waals surface area contributed by atoms with Gasteiger partial charge >= 0.3 is 0 Å². The first kappa shape index (κ1) is 21.6. The predicted molar refractivity (Wildman–Crippen MR) is 116 cm³/mol. The predicted octanol–water partition coefficient (Wildman–Crippen LogP) is 3.55. The monoisotopic (exact) mass is 444 g/mol. The molecule has 8 nitrogen and oxygen atoms in total. The van der Waals surface area contributed by atoms with Gasteiger partial charge in [0.15, 0.2) is 5.78 Å². The molecule has 1 aliphatic carbocycles. The number of ketones is 1.